The van der Waals surface area contributed by atoms with Crippen LogP contribution in [0.25, 0.3) is 11.1 Å². The highest BCUT2D eigenvalue weighted by Crippen LogP contribution is 2.41. The SMILES string of the molecule is CC(C)(C)[C@H](c1cc(-c2cc(F)ccc2F)cn1Cc1ccccc1)N(CC[C@H](N)C(=O)NCCCC(=O)CNC(=O)CCCC(=O)NCCCC[C@H](N)C(=O)O)C(=O)CO.O=C(O)C(F)(F)F. The molecule has 2 aromatic carbocycles. The second-order valence-corrected chi connectivity index (χ2v) is 17.0. The van der Waals surface area contributed by atoms with Crippen LogP contribution in [0.2, 0.25) is 0 Å². The van der Waals surface area contributed by atoms with Crippen molar-refractivity contribution >= 4 is 41.4 Å². The molecule has 0 saturated carbocycles. The molecule has 22 heteroatoms. The second-order valence-electron chi connectivity index (χ2n) is 17.0. The Morgan fingerprint density at radius 3 is 1.97 bits per heavy atom. The number of aliphatic hydroxyl groups excluding tert-OH is 1. The Balaban J connectivity index is 0.00000209. The number of nitrogens with zero attached hydrogens (tertiary/aromatic N) is 2. The number of aliphatic hydroxyl groups is 1. The third-order valence-corrected chi connectivity index (χ3v) is 10.3. The summed E-state index contributed by atoms with van der Waals surface area (Å²) in [5.41, 5.74) is 13.0. The molecule has 17 nitrogen and oxygen atoms in total. The van der Waals surface area contributed by atoms with Crippen molar-refractivity contribution in [2.24, 2.45) is 16.9 Å². The van der Waals surface area contributed by atoms with E-state index in [4.69, 9.17) is 26.5 Å². The summed E-state index contributed by atoms with van der Waals surface area (Å²) < 4.78 is 63.0. The number of carbonyl (C=O) groups is 7. The molecule has 10 N–H and O–H groups in total. The number of hydrogen-bond donors (Lipinski definition) is 8. The van der Waals surface area contributed by atoms with Crippen molar-refractivity contribution in [2.75, 3.05) is 32.8 Å². The van der Waals surface area contributed by atoms with Gasteiger partial charge in [0.15, 0.2) is 5.78 Å². The van der Waals surface area contributed by atoms with E-state index in [9.17, 15) is 51.4 Å². The predicted molar refractivity (Wildman–Crippen MR) is 239 cm³/mol. The third-order valence-electron chi connectivity index (χ3n) is 10.3. The van der Waals surface area contributed by atoms with Crippen molar-refractivity contribution in [1.82, 2.24) is 25.4 Å². The lowest BCUT2D eigenvalue weighted by atomic mass is 9.82. The van der Waals surface area contributed by atoms with Gasteiger partial charge in [0.05, 0.1) is 18.6 Å². The highest BCUT2D eigenvalue weighted by atomic mass is 19.4. The van der Waals surface area contributed by atoms with Gasteiger partial charge in [0.2, 0.25) is 23.6 Å². The minimum absolute atomic E-state index is 0.0192. The third kappa shape index (κ3) is 20.7. The molecule has 3 rings (SSSR count). The Kier molecular flexibility index (Phi) is 24.0. The summed E-state index contributed by atoms with van der Waals surface area (Å²) in [5, 5.41) is 34.0. The van der Waals surface area contributed by atoms with E-state index in [2.05, 4.69) is 16.0 Å². The molecule has 376 valence electrons. The van der Waals surface area contributed by atoms with E-state index >= 15 is 4.39 Å². The highest BCUT2D eigenvalue weighted by Gasteiger charge is 2.39. The van der Waals surface area contributed by atoms with Gasteiger partial charge in [-0.25, -0.2) is 13.6 Å². The van der Waals surface area contributed by atoms with Crippen LogP contribution in [0, 0.1) is 17.0 Å². The van der Waals surface area contributed by atoms with E-state index < -0.39 is 71.7 Å². The molecule has 0 spiro atoms. The minimum atomic E-state index is -5.08. The summed E-state index contributed by atoms with van der Waals surface area (Å²) in [4.78, 5) is 84.1. The van der Waals surface area contributed by atoms with E-state index in [1.807, 2.05) is 55.7 Å². The number of amides is 4. The van der Waals surface area contributed by atoms with Crippen molar-refractivity contribution in [2.45, 2.75) is 109 Å². The van der Waals surface area contributed by atoms with Gasteiger partial charge >= 0.3 is 18.1 Å². The second kappa shape index (κ2) is 28.2. The molecule has 4 amide bonds. The van der Waals surface area contributed by atoms with Gasteiger partial charge in [-0.05, 0) is 73.8 Å². The first-order valence-electron chi connectivity index (χ1n) is 21.8. The number of unbranched alkanes of at least 4 members (excludes halogenated alkanes) is 1. The molecule has 1 aromatic heterocycles. The number of rotatable bonds is 26. The molecule has 68 heavy (non-hydrogen) atoms. The van der Waals surface area contributed by atoms with Crippen molar-refractivity contribution < 1.29 is 70.8 Å². The van der Waals surface area contributed by atoms with E-state index in [1.54, 1.807) is 12.3 Å². The Labute approximate surface area is 390 Å². The number of carbonyl (C=O) groups excluding carboxylic acids is 5. The lowest BCUT2D eigenvalue weighted by Crippen LogP contribution is -2.47. The van der Waals surface area contributed by atoms with E-state index in [0.29, 0.717) is 43.6 Å². The molecule has 0 bridgehead atoms. The maximum absolute atomic E-state index is 15.0. The molecule has 0 aliphatic heterocycles. The summed E-state index contributed by atoms with van der Waals surface area (Å²) in [7, 11) is 0. The number of nitrogens with one attached hydrogen (secondary N) is 3. The number of alkyl halides is 3. The molecule has 0 aliphatic carbocycles. The fraction of sp³-hybridized carbons (Fsp3) is 0.500. The molecule has 0 aliphatic rings. The quantitative estimate of drug-likeness (QED) is 0.0416. The summed E-state index contributed by atoms with van der Waals surface area (Å²) in [6.07, 6.45) is -1.10. The summed E-state index contributed by atoms with van der Waals surface area (Å²) in [6.45, 7) is 5.54. The van der Waals surface area contributed by atoms with E-state index in [1.165, 1.54) is 4.90 Å². The van der Waals surface area contributed by atoms with Gasteiger partial charge in [-0.1, -0.05) is 51.1 Å². The first-order chi connectivity index (χ1) is 31.8. The number of carboxylic acid groups (broad SMARTS) is 2. The van der Waals surface area contributed by atoms with Gasteiger partial charge in [0.25, 0.3) is 0 Å². The molecular formula is C46H62F5N7O10. The van der Waals surface area contributed by atoms with E-state index in [-0.39, 0.29) is 81.3 Å². The van der Waals surface area contributed by atoms with Crippen LogP contribution < -0.4 is 27.4 Å². The van der Waals surface area contributed by atoms with Gasteiger partial charge in [-0.15, -0.1) is 0 Å². The lowest BCUT2D eigenvalue weighted by Gasteiger charge is -2.41. The molecule has 1 heterocycles. The van der Waals surface area contributed by atoms with E-state index in [0.717, 1.165) is 23.8 Å². The summed E-state index contributed by atoms with van der Waals surface area (Å²) >= 11 is 0. The largest absolute Gasteiger partial charge is 0.490 e. The fourth-order valence-electron chi connectivity index (χ4n) is 6.85. The van der Waals surface area contributed by atoms with Gasteiger partial charge in [-0.2, -0.15) is 13.2 Å². The molecule has 0 unspecified atom stereocenters. The van der Waals surface area contributed by atoms with Gasteiger partial charge < -0.3 is 52.2 Å². The molecule has 0 fully saturated rings. The monoisotopic (exact) mass is 967 g/mol. The van der Waals surface area contributed by atoms with Crippen molar-refractivity contribution in [1.29, 1.82) is 0 Å². The standard InChI is InChI=1S/C44H61F2N7O8.C2HF3O2/c1-44(2,3)41(37-23-30(33-24-31(45)17-18-34(33)46)27-52(37)26-29-11-5-4-6-12-29)53(40(58)28-54)22-19-35(47)42(59)50-21-10-13-32(55)25-51-39(57)16-9-15-38(56)49-20-8-7-14-36(48)43(60)61;3-2(4,5)1(6)7/h4-6,11-12,17-18,23-24,27,35-36,41,54H,7-10,13-16,19-22,25-26,28,47-48H2,1-3H3,(H,49,56)(H,50,59)(H,51,57)(H,60,61);(H,6,7)/t35-,36-,41-;/m0./s1. The van der Waals surface area contributed by atoms with Crippen LogP contribution in [0.15, 0.2) is 60.8 Å². The molecule has 0 radical (unpaired) electrons. The van der Waals surface area contributed by atoms with Crippen molar-refractivity contribution in [3.05, 3.63) is 83.7 Å². The van der Waals surface area contributed by atoms with Crippen LogP contribution in [0.5, 0.6) is 0 Å². The average Bonchev–Trinajstić information content (AvgIpc) is 3.67. The maximum Gasteiger partial charge on any atom is 0.490 e. The Morgan fingerprint density at radius 1 is 0.765 bits per heavy atom. The van der Waals surface area contributed by atoms with Crippen LogP contribution in [-0.4, -0.2) is 117 Å². The number of hydrogen-bond acceptors (Lipinski definition) is 10. The van der Waals surface area contributed by atoms with Gasteiger partial charge in [0, 0.05) is 68.5 Å². The van der Waals surface area contributed by atoms with Gasteiger partial charge in [-0.3, -0.25) is 28.8 Å². The lowest BCUT2D eigenvalue weighted by molar-refractivity contribution is -0.192. The highest BCUT2D eigenvalue weighted by molar-refractivity contribution is 5.86. The number of aliphatic carboxylic acids is 2. The van der Waals surface area contributed by atoms with Crippen molar-refractivity contribution in [3.8, 4) is 11.1 Å². The van der Waals surface area contributed by atoms with Crippen LogP contribution in [0.4, 0.5) is 22.0 Å². The summed E-state index contributed by atoms with van der Waals surface area (Å²) in [6, 6.07) is 11.7. The molecule has 0 saturated heterocycles. The molecule has 3 atom stereocenters. The van der Waals surface area contributed by atoms with Crippen LogP contribution >= 0.6 is 0 Å². The number of benzene rings is 2. The number of nitrogens with two attached hydrogens (primary N) is 2. The first kappa shape index (κ1) is 57.9. The fourth-order valence-corrected chi connectivity index (χ4v) is 6.85. The number of ketones is 1. The minimum Gasteiger partial charge on any atom is -0.480 e. The number of carboxylic acids is 2. The van der Waals surface area contributed by atoms with Crippen LogP contribution in [0.3, 0.4) is 0 Å². The normalized spacial score (nSPS) is 12.7. The Morgan fingerprint density at radius 2 is 1.38 bits per heavy atom. The zero-order chi connectivity index (χ0) is 51.2. The zero-order valence-electron chi connectivity index (χ0n) is 38.3. The number of halogens is 5. The Hall–Kier alpha value is -6.26. The van der Waals surface area contributed by atoms with Crippen LogP contribution in [0.1, 0.15) is 95.9 Å². The average molecular weight is 968 g/mol. The maximum atomic E-state index is 15.0. The topological polar surface area (TPSA) is 276 Å². The van der Waals surface area contributed by atoms with Crippen molar-refractivity contribution in [3.63, 3.8) is 0 Å². The zero-order valence-corrected chi connectivity index (χ0v) is 38.3. The first-order valence-corrected chi connectivity index (χ1v) is 21.8. The summed E-state index contributed by atoms with van der Waals surface area (Å²) in [5.74, 6) is -7.04. The predicted octanol–water partition coefficient (Wildman–Crippen LogP) is 4.19. The molecular weight excluding hydrogens is 906 g/mol. The Bertz CT molecular complexity index is 2150. The number of Topliss-reactive ketones (excluding diaryl/α,β-unsaturated/α-hetero) is 1. The number of aromatic nitrogens is 1. The smallest absolute Gasteiger partial charge is 0.480 e. The van der Waals surface area contributed by atoms with Crippen LogP contribution in [-0.2, 0) is 40.1 Å². The van der Waals surface area contributed by atoms with Gasteiger partial charge in [0.1, 0.15) is 24.3 Å². The molecule has 3 aromatic rings.